The van der Waals surface area contributed by atoms with E-state index in [1.54, 1.807) is 7.11 Å². The summed E-state index contributed by atoms with van der Waals surface area (Å²) in [6.07, 6.45) is 3.09. The van der Waals surface area contributed by atoms with Gasteiger partial charge in [-0.2, -0.15) is 0 Å². The molecule has 0 atom stereocenters. The van der Waals surface area contributed by atoms with Crippen LogP contribution in [-0.2, 0) is 14.3 Å². The molecule has 15 heavy (non-hydrogen) atoms. The lowest BCUT2D eigenvalue weighted by Gasteiger charge is -2.29. The van der Waals surface area contributed by atoms with E-state index in [0.717, 1.165) is 45.4 Å². The summed E-state index contributed by atoms with van der Waals surface area (Å²) in [6.45, 7) is 5.10. The summed E-state index contributed by atoms with van der Waals surface area (Å²) in [6, 6.07) is 0. The molecule has 1 rings (SSSR count). The summed E-state index contributed by atoms with van der Waals surface area (Å²) >= 11 is 0. The molecule has 0 aliphatic carbocycles. The fraction of sp³-hybridized carbons (Fsp3) is 0.909. The molecule has 4 nitrogen and oxygen atoms in total. The molecule has 0 aromatic heterocycles. The molecule has 0 saturated carbocycles. The lowest BCUT2D eigenvalue weighted by molar-refractivity contribution is -0.112. The van der Waals surface area contributed by atoms with Gasteiger partial charge >= 0.3 is 0 Å². The zero-order valence-corrected chi connectivity index (χ0v) is 9.48. The van der Waals surface area contributed by atoms with Gasteiger partial charge in [0.1, 0.15) is 6.29 Å². The van der Waals surface area contributed by atoms with Crippen molar-refractivity contribution in [2.45, 2.75) is 12.8 Å². The van der Waals surface area contributed by atoms with Gasteiger partial charge in [0.25, 0.3) is 0 Å². The molecular weight excluding hydrogens is 194 g/mol. The first-order valence-corrected chi connectivity index (χ1v) is 5.61. The van der Waals surface area contributed by atoms with Gasteiger partial charge in [-0.3, -0.25) is 0 Å². The number of carbonyl (C=O) groups excluding carboxylic acids is 1. The summed E-state index contributed by atoms with van der Waals surface area (Å²) < 4.78 is 10.3. The van der Waals surface area contributed by atoms with Crippen molar-refractivity contribution in [2.75, 3.05) is 46.6 Å². The lowest BCUT2D eigenvalue weighted by atomic mass is 9.99. The first kappa shape index (κ1) is 12.6. The maximum atomic E-state index is 10.5. The molecule has 0 radical (unpaired) electrons. The fourth-order valence-electron chi connectivity index (χ4n) is 1.75. The van der Waals surface area contributed by atoms with Crippen LogP contribution in [0, 0.1) is 5.92 Å². The number of ether oxygens (including phenoxy) is 2. The number of aldehydes is 1. The third kappa shape index (κ3) is 5.25. The van der Waals surface area contributed by atoms with Gasteiger partial charge in [-0.1, -0.05) is 0 Å². The van der Waals surface area contributed by atoms with Crippen molar-refractivity contribution >= 4 is 6.29 Å². The Bertz CT molecular complexity index is 167. The zero-order chi connectivity index (χ0) is 10.9. The van der Waals surface area contributed by atoms with Gasteiger partial charge in [-0.25, -0.2) is 0 Å². The van der Waals surface area contributed by atoms with Crippen molar-refractivity contribution in [1.29, 1.82) is 0 Å². The summed E-state index contributed by atoms with van der Waals surface area (Å²) in [4.78, 5) is 12.9. The van der Waals surface area contributed by atoms with Gasteiger partial charge in [0, 0.05) is 19.6 Å². The molecule has 1 heterocycles. The molecular formula is C11H21NO3. The molecule has 4 heteroatoms. The topological polar surface area (TPSA) is 38.8 Å². The Morgan fingerprint density at radius 3 is 2.60 bits per heavy atom. The van der Waals surface area contributed by atoms with Gasteiger partial charge in [0.15, 0.2) is 0 Å². The Hall–Kier alpha value is -0.450. The lowest BCUT2D eigenvalue weighted by Crippen LogP contribution is -2.36. The molecule has 1 saturated heterocycles. The van der Waals surface area contributed by atoms with Crippen LogP contribution in [0.15, 0.2) is 0 Å². The maximum absolute atomic E-state index is 10.5. The van der Waals surface area contributed by atoms with Gasteiger partial charge in [0.2, 0.25) is 0 Å². The van der Waals surface area contributed by atoms with Crippen LogP contribution < -0.4 is 0 Å². The van der Waals surface area contributed by atoms with E-state index in [1.807, 2.05) is 0 Å². The van der Waals surface area contributed by atoms with Crippen molar-refractivity contribution < 1.29 is 14.3 Å². The smallest absolute Gasteiger partial charge is 0.123 e. The van der Waals surface area contributed by atoms with E-state index in [0.29, 0.717) is 13.2 Å². The molecule has 0 N–H and O–H groups in total. The number of methoxy groups -OCH3 is 1. The van der Waals surface area contributed by atoms with E-state index in [2.05, 4.69) is 4.90 Å². The predicted octanol–water partition coefficient (Wildman–Crippen LogP) is 0.560. The average Bonchev–Trinajstić information content (AvgIpc) is 2.30. The minimum absolute atomic E-state index is 0.288. The highest BCUT2D eigenvalue weighted by Crippen LogP contribution is 2.14. The van der Waals surface area contributed by atoms with Crippen molar-refractivity contribution in [1.82, 2.24) is 4.90 Å². The third-order valence-electron chi connectivity index (χ3n) is 2.81. The van der Waals surface area contributed by atoms with Gasteiger partial charge in [0.05, 0.1) is 19.8 Å². The van der Waals surface area contributed by atoms with E-state index in [4.69, 9.17) is 9.47 Å². The number of hydrogen-bond acceptors (Lipinski definition) is 4. The molecule has 0 aromatic carbocycles. The van der Waals surface area contributed by atoms with Crippen LogP contribution in [0.3, 0.4) is 0 Å². The molecule has 0 amide bonds. The predicted molar refractivity (Wildman–Crippen MR) is 57.9 cm³/mol. The number of hydrogen-bond donors (Lipinski definition) is 0. The highest BCUT2D eigenvalue weighted by atomic mass is 16.5. The van der Waals surface area contributed by atoms with Crippen molar-refractivity contribution in [3.63, 3.8) is 0 Å². The summed E-state index contributed by atoms with van der Waals surface area (Å²) in [5.74, 6) is 0.288. The van der Waals surface area contributed by atoms with Crippen LogP contribution >= 0.6 is 0 Å². The molecule has 0 spiro atoms. The Labute approximate surface area is 91.5 Å². The Kier molecular flexibility index (Phi) is 6.55. The summed E-state index contributed by atoms with van der Waals surface area (Å²) in [7, 11) is 1.67. The van der Waals surface area contributed by atoms with Crippen LogP contribution in [0.4, 0.5) is 0 Å². The van der Waals surface area contributed by atoms with E-state index < -0.39 is 0 Å². The van der Waals surface area contributed by atoms with E-state index >= 15 is 0 Å². The van der Waals surface area contributed by atoms with Gasteiger partial charge in [-0.05, 0) is 25.9 Å². The standard InChI is InChI=1S/C11H21NO3/c1-14-8-9-15-7-6-12-4-2-11(10-13)3-5-12/h10-11H,2-9H2,1H3. The Morgan fingerprint density at radius 2 is 2.00 bits per heavy atom. The molecule has 0 bridgehead atoms. The normalized spacial score (nSPS) is 19.3. The monoisotopic (exact) mass is 215 g/mol. The second-order valence-corrected chi connectivity index (χ2v) is 3.92. The summed E-state index contributed by atoms with van der Waals surface area (Å²) in [5, 5.41) is 0. The van der Waals surface area contributed by atoms with E-state index in [-0.39, 0.29) is 5.92 Å². The van der Waals surface area contributed by atoms with Crippen LogP contribution in [0.1, 0.15) is 12.8 Å². The van der Waals surface area contributed by atoms with Crippen LogP contribution in [-0.4, -0.2) is 57.8 Å². The molecule has 1 aliphatic rings. The summed E-state index contributed by atoms with van der Waals surface area (Å²) in [5.41, 5.74) is 0. The molecule has 1 aliphatic heterocycles. The number of rotatable bonds is 7. The quantitative estimate of drug-likeness (QED) is 0.459. The second kappa shape index (κ2) is 7.79. The van der Waals surface area contributed by atoms with Crippen LogP contribution in [0.5, 0.6) is 0 Å². The molecule has 0 aromatic rings. The van der Waals surface area contributed by atoms with E-state index in [1.165, 1.54) is 0 Å². The first-order valence-electron chi connectivity index (χ1n) is 5.61. The highest BCUT2D eigenvalue weighted by molar-refractivity contribution is 5.53. The van der Waals surface area contributed by atoms with Gasteiger partial charge < -0.3 is 19.2 Å². The third-order valence-corrected chi connectivity index (χ3v) is 2.81. The Balaban J connectivity index is 1.96. The number of likely N-dealkylation sites (tertiary alicyclic amines) is 1. The maximum Gasteiger partial charge on any atom is 0.123 e. The van der Waals surface area contributed by atoms with Crippen molar-refractivity contribution in [2.24, 2.45) is 5.92 Å². The average molecular weight is 215 g/mol. The first-order chi connectivity index (χ1) is 7.36. The van der Waals surface area contributed by atoms with Crippen LogP contribution in [0.25, 0.3) is 0 Å². The zero-order valence-electron chi connectivity index (χ0n) is 9.48. The number of piperidine rings is 1. The van der Waals surface area contributed by atoms with Crippen molar-refractivity contribution in [3.8, 4) is 0 Å². The highest BCUT2D eigenvalue weighted by Gasteiger charge is 2.17. The fourth-order valence-corrected chi connectivity index (χ4v) is 1.75. The minimum Gasteiger partial charge on any atom is -0.382 e. The van der Waals surface area contributed by atoms with E-state index in [9.17, 15) is 4.79 Å². The van der Waals surface area contributed by atoms with Crippen molar-refractivity contribution in [3.05, 3.63) is 0 Å². The van der Waals surface area contributed by atoms with Gasteiger partial charge in [-0.15, -0.1) is 0 Å². The molecule has 0 unspecified atom stereocenters. The van der Waals surface area contributed by atoms with Crippen LogP contribution in [0.2, 0.25) is 0 Å². The number of carbonyl (C=O) groups is 1. The minimum atomic E-state index is 0.288. The number of nitrogens with zero attached hydrogens (tertiary/aromatic N) is 1. The largest absolute Gasteiger partial charge is 0.382 e. The molecule has 1 fully saturated rings. The second-order valence-electron chi connectivity index (χ2n) is 3.92. The Morgan fingerprint density at radius 1 is 1.27 bits per heavy atom. The SMILES string of the molecule is COCCOCCN1CCC(C=O)CC1. The molecule has 88 valence electrons.